The van der Waals surface area contributed by atoms with E-state index in [4.69, 9.17) is 5.73 Å². The first-order chi connectivity index (χ1) is 8.04. The molecule has 1 fully saturated rings. The molecule has 0 unspecified atom stereocenters. The Balaban J connectivity index is 1.89. The molecule has 1 aromatic carbocycles. The second kappa shape index (κ2) is 5.19. The van der Waals surface area contributed by atoms with Gasteiger partial charge in [0.05, 0.1) is 0 Å². The Labute approximate surface area is 105 Å². The summed E-state index contributed by atoms with van der Waals surface area (Å²) in [4.78, 5) is 2.59. The molecule has 0 aromatic heterocycles. The lowest BCUT2D eigenvalue weighted by Crippen LogP contribution is -2.38. The van der Waals surface area contributed by atoms with Crippen LogP contribution >= 0.6 is 0 Å². The molecule has 0 atom stereocenters. The number of rotatable bonds is 6. The molecule has 0 heterocycles. The lowest BCUT2D eigenvalue weighted by Gasteiger charge is -2.26. The van der Waals surface area contributed by atoms with Gasteiger partial charge in [0.15, 0.2) is 0 Å². The third-order valence-corrected chi connectivity index (χ3v) is 3.34. The average molecular weight is 232 g/mol. The molecular formula is C15H24N2. The van der Waals surface area contributed by atoms with Gasteiger partial charge in [-0.1, -0.05) is 30.3 Å². The lowest BCUT2D eigenvalue weighted by atomic mass is 10.0. The molecule has 0 aliphatic heterocycles. The normalized spacial score (nSPS) is 16.5. The maximum absolute atomic E-state index is 6.07. The smallest absolute Gasteiger partial charge is 0.0236 e. The number of nitrogens with two attached hydrogens (primary N) is 1. The molecule has 17 heavy (non-hydrogen) atoms. The van der Waals surface area contributed by atoms with Crippen LogP contribution in [0.15, 0.2) is 30.3 Å². The zero-order valence-corrected chi connectivity index (χ0v) is 11.0. The number of benzene rings is 1. The van der Waals surface area contributed by atoms with Gasteiger partial charge < -0.3 is 5.73 Å². The minimum atomic E-state index is -0.0518. The maximum Gasteiger partial charge on any atom is 0.0236 e. The Kier molecular flexibility index (Phi) is 3.85. The van der Waals surface area contributed by atoms with Crippen LogP contribution < -0.4 is 5.73 Å². The van der Waals surface area contributed by atoms with Crippen molar-refractivity contribution in [3.8, 4) is 0 Å². The molecule has 1 aromatic rings. The van der Waals surface area contributed by atoms with E-state index in [0.29, 0.717) is 0 Å². The molecule has 1 aliphatic rings. The predicted molar refractivity (Wildman–Crippen MR) is 72.8 cm³/mol. The van der Waals surface area contributed by atoms with E-state index in [1.807, 2.05) is 0 Å². The lowest BCUT2D eigenvalue weighted by molar-refractivity contribution is 0.231. The van der Waals surface area contributed by atoms with Crippen LogP contribution in [0.2, 0.25) is 0 Å². The Morgan fingerprint density at radius 3 is 2.41 bits per heavy atom. The van der Waals surface area contributed by atoms with E-state index in [2.05, 4.69) is 49.1 Å². The summed E-state index contributed by atoms with van der Waals surface area (Å²) in [5, 5.41) is 0. The molecule has 1 aliphatic carbocycles. The molecule has 0 radical (unpaired) electrons. The van der Waals surface area contributed by atoms with E-state index >= 15 is 0 Å². The van der Waals surface area contributed by atoms with E-state index in [1.165, 1.54) is 18.4 Å². The minimum absolute atomic E-state index is 0.0518. The fourth-order valence-corrected chi connectivity index (χ4v) is 2.08. The number of hydrogen-bond acceptors (Lipinski definition) is 2. The Morgan fingerprint density at radius 2 is 1.88 bits per heavy atom. The molecule has 0 spiro atoms. The van der Waals surface area contributed by atoms with Crippen LogP contribution in [0.1, 0.15) is 38.7 Å². The van der Waals surface area contributed by atoms with Gasteiger partial charge in [-0.15, -0.1) is 0 Å². The quantitative estimate of drug-likeness (QED) is 0.817. The van der Waals surface area contributed by atoms with Crippen molar-refractivity contribution in [2.75, 3.05) is 6.54 Å². The van der Waals surface area contributed by atoms with Gasteiger partial charge in [-0.25, -0.2) is 0 Å². The summed E-state index contributed by atoms with van der Waals surface area (Å²) in [6, 6.07) is 11.5. The Morgan fingerprint density at radius 1 is 1.24 bits per heavy atom. The molecule has 1 saturated carbocycles. The van der Waals surface area contributed by atoms with E-state index < -0.39 is 0 Å². The second-order valence-corrected chi connectivity index (χ2v) is 5.93. The van der Waals surface area contributed by atoms with Gasteiger partial charge in [0.2, 0.25) is 0 Å². The van der Waals surface area contributed by atoms with Crippen molar-refractivity contribution < 1.29 is 0 Å². The number of hydrogen-bond donors (Lipinski definition) is 1. The SMILES string of the molecule is CC(C)(N)CCN(Cc1ccccc1)C1CC1. The summed E-state index contributed by atoms with van der Waals surface area (Å²) in [5.74, 6) is 0. The standard InChI is InChI=1S/C15H24N2/c1-15(2,16)10-11-17(14-8-9-14)12-13-6-4-3-5-7-13/h3-7,14H,8-12,16H2,1-2H3. The maximum atomic E-state index is 6.07. The van der Waals surface area contributed by atoms with Crippen molar-refractivity contribution in [2.24, 2.45) is 5.73 Å². The molecule has 2 N–H and O–H groups in total. The van der Waals surface area contributed by atoms with Crippen molar-refractivity contribution in [1.29, 1.82) is 0 Å². The van der Waals surface area contributed by atoms with Gasteiger partial charge in [0.25, 0.3) is 0 Å². The molecule has 2 nitrogen and oxygen atoms in total. The summed E-state index contributed by atoms with van der Waals surface area (Å²) in [5.41, 5.74) is 7.43. The van der Waals surface area contributed by atoms with Gasteiger partial charge in [-0.2, -0.15) is 0 Å². The monoisotopic (exact) mass is 232 g/mol. The fourth-order valence-electron chi connectivity index (χ4n) is 2.08. The van der Waals surface area contributed by atoms with Crippen LogP contribution in [0.25, 0.3) is 0 Å². The first-order valence-corrected chi connectivity index (χ1v) is 6.61. The Bertz CT molecular complexity index is 336. The molecule has 94 valence electrons. The average Bonchev–Trinajstić information content (AvgIpc) is 3.08. The summed E-state index contributed by atoms with van der Waals surface area (Å²) in [6.45, 7) is 6.41. The first kappa shape index (κ1) is 12.6. The summed E-state index contributed by atoms with van der Waals surface area (Å²) in [7, 11) is 0. The predicted octanol–water partition coefficient (Wildman–Crippen LogP) is 2.78. The van der Waals surface area contributed by atoms with Gasteiger partial charge in [0, 0.05) is 24.7 Å². The topological polar surface area (TPSA) is 29.3 Å². The third kappa shape index (κ3) is 4.49. The number of nitrogens with zero attached hydrogens (tertiary/aromatic N) is 1. The molecular weight excluding hydrogens is 208 g/mol. The molecule has 0 saturated heterocycles. The van der Waals surface area contributed by atoms with Crippen LogP contribution in [-0.2, 0) is 6.54 Å². The Hall–Kier alpha value is -0.860. The van der Waals surface area contributed by atoms with Gasteiger partial charge in [-0.3, -0.25) is 4.90 Å². The zero-order valence-electron chi connectivity index (χ0n) is 11.0. The van der Waals surface area contributed by atoms with Crippen LogP contribution in [0.5, 0.6) is 0 Å². The van der Waals surface area contributed by atoms with Crippen LogP contribution in [0.4, 0.5) is 0 Å². The highest BCUT2D eigenvalue weighted by molar-refractivity contribution is 5.15. The van der Waals surface area contributed by atoms with E-state index in [0.717, 1.165) is 25.6 Å². The van der Waals surface area contributed by atoms with E-state index in [9.17, 15) is 0 Å². The van der Waals surface area contributed by atoms with Gasteiger partial charge in [-0.05, 0) is 38.7 Å². The van der Waals surface area contributed by atoms with E-state index in [-0.39, 0.29) is 5.54 Å². The van der Waals surface area contributed by atoms with Crippen molar-refractivity contribution in [3.05, 3.63) is 35.9 Å². The highest BCUT2D eigenvalue weighted by Crippen LogP contribution is 2.29. The largest absolute Gasteiger partial charge is 0.326 e. The van der Waals surface area contributed by atoms with Crippen LogP contribution in [0, 0.1) is 0 Å². The summed E-state index contributed by atoms with van der Waals surface area (Å²) < 4.78 is 0. The van der Waals surface area contributed by atoms with Crippen molar-refractivity contribution in [1.82, 2.24) is 4.90 Å². The van der Waals surface area contributed by atoms with Crippen molar-refractivity contribution in [3.63, 3.8) is 0 Å². The highest BCUT2D eigenvalue weighted by atomic mass is 15.2. The van der Waals surface area contributed by atoms with Crippen molar-refractivity contribution >= 4 is 0 Å². The molecule has 2 heteroatoms. The van der Waals surface area contributed by atoms with Crippen LogP contribution in [-0.4, -0.2) is 23.0 Å². The summed E-state index contributed by atoms with van der Waals surface area (Å²) in [6.07, 6.45) is 3.78. The first-order valence-electron chi connectivity index (χ1n) is 6.61. The van der Waals surface area contributed by atoms with Gasteiger partial charge >= 0.3 is 0 Å². The summed E-state index contributed by atoms with van der Waals surface area (Å²) >= 11 is 0. The fraction of sp³-hybridized carbons (Fsp3) is 0.600. The van der Waals surface area contributed by atoms with E-state index in [1.54, 1.807) is 0 Å². The zero-order chi connectivity index (χ0) is 12.3. The third-order valence-electron chi connectivity index (χ3n) is 3.34. The molecule has 0 amide bonds. The van der Waals surface area contributed by atoms with Crippen LogP contribution in [0.3, 0.4) is 0 Å². The second-order valence-electron chi connectivity index (χ2n) is 5.93. The molecule has 0 bridgehead atoms. The highest BCUT2D eigenvalue weighted by Gasteiger charge is 2.29. The molecule has 2 rings (SSSR count). The minimum Gasteiger partial charge on any atom is -0.326 e. The van der Waals surface area contributed by atoms with Crippen molar-refractivity contribution in [2.45, 2.75) is 51.2 Å². The van der Waals surface area contributed by atoms with Gasteiger partial charge in [0.1, 0.15) is 0 Å².